The molecule has 0 atom stereocenters. The van der Waals surface area contributed by atoms with E-state index in [1.165, 1.54) is 15.3 Å². The van der Waals surface area contributed by atoms with E-state index in [0.29, 0.717) is 39.9 Å². The lowest BCUT2D eigenvalue weighted by atomic mass is 10.0. The molecule has 2 aromatic heterocycles. The lowest BCUT2D eigenvalue weighted by Gasteiger charge is -2.22. The number of ether oxygens (including phenoxy) is 2. The van der Waals surface area contributed by atoms with Gasteiger partial charge in [-0.3, -0.25) is 4.79 Å². The first-order valence-corrected chi connectivity index (χ1v) is 11.9. The van der Waals surface area contributed by atoms with Crippen LogP contribution < -0.4 is 4.74 Å². The Bertz CT molecular complexity index is 1140. The second-order valence-electron chi connectivity index (χ2n) is 7.31. The minimum Gasteiger partial charge on any atom is -0.497 e. The lowest BCUT2D eigenvalue weighted by molar-refractivity contribution is 0.0723. The Morgan fingerprint density at radius 2 is 1.90 bits per heavy atom. The standard InChI is InChI=1S/C21H23NO5S2/c1-14-11-17-12-19(20(23)16-3-5-18(26-2)6-4-16)28-21(17)22(14)29(24,25)13-15-7-9-27-10-8-15/h3-6,11-12,15H,7-10,13H2,1-2H3. The zero-order valence-electron chi connectivity index (χ0n) is 16.4. The Balaban J connectivity index is 1.66. The third-order valence-electron chi connectivity index (χ3n) is 5.25. The Kier molecular flexibility index (Phi) is 5.50. The number of carbonyl (C=O) groups is 1. The van der Waals surface area contributed by atoms with E-state index in [0.717, 1.165) is 18.2 Å². The van der Waals surface area contributed by atoms with Crippen LogP contribution in [0.2, 0.25) is 0 Å². The fourth-order valence-electron chi connectivity index (χ4n) is 3.73. The second kappa shape index (κ2) is 7.93. The van der Waals surface area contributed by atoms with Crippen molar-refractivity contribution in [1.29, 1.82) is 0 Å². The number of benzene rings is 1. The van der Waals surface area contributed by atoms with Gasteiger partial charge in [0.1, 0.15) is 10.6 Å². The molecule has 1 aliphatic heterocycles. The van der Waals surface area contributed by atoms with Crippen molar-refractivity contribution in [2.45, 2.75) is 19.8 Å². The van der Waals surface area contributed by atoms with E-state index in [9.17, 15) is 13.2 Å². The van der Waals surface area contributed by atoms with Crippen molar-refractivity contribution in [1.82, 2.24) is 3.97 Å². The normalized spacial score (nSPS) is 15.7. The molecule has 4 rings (SSSR count). The van der Waals surface area contributed by atoms with Gasteiger partial charge < -0.3 is 9.47 Å². The minimum absolute atomic E-state index is 0.0979. The zero-order chi connectivity index (χ0) is 20.6. The highest BCUT2D eigenvalue weighted by Crippen LogP contribution is 2.33. The highest BCUT2D eigenvalue weighted by Gasteiger charge is 2.27. The van der Waals surface area contributed by atoms with Crippen molar-refractivity contribution in [2.75, 3.05) is 26.1 Å². The van der Waals surface area contributed by atoms with Crippen molar-refractivity contribution in [3.05, 3.63) is 52.5 Å². The number of carbonyl (C=O) groups excluding carboxylic acids is 1. The van der Waals surface area contributed by atoms with Gasteiger partial charge in [0, 0.05) is 29.9 Å². The predicted octanol–water partition coefficient (Wildman–Crippen LogP) is 3.86. The van der Waals surface area contributed by atoms with Gasteiger partial charge in [-0.05, 0) is 62.1 Å². The molecule has 1 fully saturated rings. The molecule has 0 N–H and O–H groups in total. The molecule has 1 saturated heterocycles. The molecule has 0 saturated carbocycles. The van der Waals surface area contributed by atoms with Crippen LogP contribution in [-0.4, -0.2) is 44.2 Å². The van der Waals surface area contributed by atoms with E-state index in [-0.39, 0.29) is 17.5 Å². The maximum atomic E-state index is 13.1. The van der Waals surface area contributed by atoms with Crippen molar-refractivity contribution in [3.63, 3.8) is 0 Å². The molecular weight excluding hydrogens is 410 g/mol. The SMILES string of the molecule is COc1ccc(C(=O)c2cc3cc(C)n(S(=O)(=O)CC4CCOCC4)c3s2)cc1. The summed E-state index contributed by atoms with van der Waals surface area (Å²) in [7, 11) is -1.94. The summed E-state index contributed by atoms with van der Waals surface area (Å²) in [5.41, 5.74) is 1.21. The monoisotopic (exact) mass is 433 g/mol. The molecule has 1 aliphatic rings. The molecule has 8 heteroatoms. The first-order chi connectivity index (χ1) is 13.9. The van der Waals surface area contributed by atoms with Crippen molar-refractivity contribution in [2.24, 2.45) is 5.92 Å². The average Bonchev–Trinajstić information content (AvgIpc) is 3.24. The molecule has 0 spiro atoms. The first kappa shape index (κ1) is 20.1. The molecule has 0 bridgehead atoms. The van der Waals surface area contributed by atoms with Gasteiger partial charge in [-0.2, -0.15) is 0 Å². The number of hydrogen-bond donors (Lipinski definition) is 0. The van der Waals surface area contributed by atoms with Gasteiger partial charge in [0.2, 0.25) is 15.8 Å². The summed E-state index contributed by atoms with van der Waals surface area (Å²) in [4.78, 5) is 14.0. The molecule has 3 aromatic rings. The molecule has 0 aliphatic carbocycles. The van der Waals surface area contributed by atoms with E-state index in [1.54, 1.807) is 44.4 Å². The smallest absolute Gasteiger partial charge is 0.240 e. The van der Waals surface area contributed by atoms with Gasteiger partial charge in [-0.15, -0.1) is 11.3 Å². The minimum atomic E-state index is -3.52. The van der Waals surface area contributed by atoms with Crippen LogP contribution in [0.1, 0.15) is 33.8 Å². The Morgan fingerprint density at radius 3 is 2.55 bits per heavy atom. The maximum absolute atomic E-state index is 13.1. The molecule has 154 valence electrons. The van der Waals surface area contributed by atoms with Crippen LogP contribution in [-0.2, 0) is 14.8 Å². The summed E-state index contributed by atoms with van der Waals surface area (Å²) in [6.45, 7) is 3.01. The van der Waals surface area contributed by atoms with Crippen LogP contribution in [0.15, 0.2) is 36.4 Å². The lowest BCUT2D eigenvalue weighted by Crippen LogP contribution is -2.27. The average molecular weight is 434 g/mol. The van der Waals surface area contributed by atoms with Gasteiger partial charge in [0.05, 0.1) is 17.7 Å². The summed E-state index contributed by atoms with van der Waals surface area (Å²) >= 11 is 1.22. The third-order valence-corrected chi connectivity index (χ3v) is 8.42. The van der Waals surface area contributed by atoms with Gasteiger partial charge >= 0.3 is 0 Å². The largest absolute Gasteiger partial charge is 0.497 e. The predicted molar refractivity (Wildman–Crippen MR) is 114 cm³/mol. The van der Waals surface area contributed by atoms with E-state index in [2.05, 4.69) is 0 Å². The summed E-state index contributed by atoms with van der Waals surface area (Å²) in [5, 5.41) is 0.778. The van der Waals surface area contributed by atoms with Crippen LogP contribution in [0.3, 0.4) is 0 Å². The Labute approximate surface area is 174 Å². The van der Waals surface area contributed by atoms with Crippen LogP contribution in [0.25, 0.3) is 10.2 Å². The highest BCUT2D eigenvalue weighted by molar-refractivity contribution is 7.90. The van der Waals surface area contributed by atoms with E-state index in [4.69, 9.17) is 9.47 Å². The number of aryl methyl sites for hydroxylation is 1. The van der Waals surface area contributed by atoms with Crippen molar-refractivity contribution < 1.29 is 22.7 Å². The topological polar surface area (TPSA) is 74.6 Å². The molecule has 3 heterocycles. The maximum Gasteiger partial charge on any atom is 0.240 e. The van der Waals surface area contributed by atoms with Gasteiger partial charge in [0.15, 0.2) is 0 Å². The summed E-state index contributed by atoms with van der Waals surface area (Å²) in [6, 6.07) is 10.5. The van der Waals surface area contributed by atoms with Crippen LogP contribution in [0, 0.1) is 12.8 Å². The molecule has 0 unspecified atom stereocenters. The van der Waals surface area contributed by atoms with Crippen molar-refractivity contribution in [3.8, 4) is 5.75 Å². The molecular formula is C21H23NO5S2. The number of thiophene rings is 1. The highest BCUT2D eigenvalue weighted by atomic mass is 32.2. The molecule has 0 amide bonds. The molecule has 29 heavy (non-hydrogen) atoms. The van der Waals surface area contributed by atoms with Crippen LogP contribution >= 0.6 is 11.3 Å². The Morgan fingerprint density at radius 1 is 1.21 bits per heavy atom. The number of methoxy groups -OCH3 is 1. The van der Waals surface area contributed by atoms with Crippen molar-refractivity contribution >= 4 is 37.4 Å². The van der Waals surface area contributed by atoms with Crippen LogP contribution in [0.4, 0.5) is 0 Å². The third kappa shape index (κ3) is 3.97. The Hall–Kier alpha value is -2.16. The van der Waals surface area contributed by atoms with Gasteiger partial charge in [-0.1, -0.05) is 0 Å². The summed E-state index contributed by atoms with van der Waals surface area (Å²) < 4.78 is 38.2. The van der Waals surface area contributed by atoms with Gasteiger partial charge in [-0.25, -0.2) is 12.4 Å². The second-order valence-corrected chi connectivity index (χ2v) is 10.2. The number of ketones is 1. The fourth-order valence-corrected chi connectivity index (χ4v) is 7.18. The number of aromatic nitrogens is 1. The first-order valence-electron chi connectivity index (χ1n) is 9.50. The summed E-state index contributed by atoms with van der Waals surface area (Å²) in [6.07, 6.45) is 1.52. The number of rotatable bonds is 6. The van der Waals surface area contributed by atoms with Crippen LogP contribution in [0.5, 0.6) is 5.75 Å². The number of nitrogens with zero attached hydrogens (tertiary/aromatic N) is 1. The van der Waals surface area contributed by atoms with E-state index >= 15 is 0 Å². The zero-order valence-corrected chi connectivity index (χ0v) is 18.0. The van der Waals surface area contributed by atoms with Gasteiger partial charge in [0.25, 0.3) is 0 Å². The fraction of sp³-hybridized carbons (Fsp3) is 0.381. The number of fused-ring (bicyclic) bond motifs is 1. The van der Waals surface area contributed by atoms with E-state index < -0.39 is 10.0 Å². The van der Waals surface area contributed by atoms with E-state index in [1.807, 2.05) is 6.07 Å². The quantitative estimate of drug-likeness (QED) is 0.552. The molecule has 1 aromatic carbocycles. The summed E-state index contributed by atoms with van der Waals surface area (Å²) in [5.74, 6) is 0.755. The number of hydrogen-bond acceptors (Lipinski definition) is 6. The molecule has 6 nitrogen and oxygen atoms in total. The molecule has 0 radical (unpaired) electrons.